The normalized spacial score (nSPS) is 25.4. The molecule has 5 heteroatoms. The summed E-state index contributed by atoms with van der Waals surface area (Å²) in [5, 5.41) is 4.06. The number of piperidine rings is 1. The lowest BCUT2D eigenvalue weighted by Crippen LogP contribution is -2.54. The van der Waals surface area contributed by atoms with Gasteiger partial charge >= 0.3 is 0 Å². The van der Waals surface area contributed by atoms with E-state index >= 15 is 0 Å². The molecule has 0 unspecified atom stereocenters. The Hall–Kier alpha value is 0.314. The third-order valence-electron chi connectivity index (χ3n) is 5.80. The van der Waals surface area contributed by atoms with E-state index in [-0.39, 0.29) is 10.1 Å². The summed E-state index contributed by atoms with van der Waals surface area (Å²) in [5.74, 6) is 0. The molecule has 0 spiro atoms. The maximum absolute atomic E-state index is 6.59. The van der Waals surface area contributed by atoms with Gasteiger partial charge in [-0.15, -0.1) is 0 Å². The lowest BCUT2D eigenvalue weighted by molar-refractivity contribution is 0.0644. The summed E-state index contributed by atoms with van der Waals surface area (Å²) in [6.07, 6.45) is 1.63. The van der Waals surface area contributed by atoms with E-state index < -0.39 is 16.6 Å². The van der Waals surface area contributed by atoms with Gasteiger partial charge in [-0.2, -0.15) is 0 Å². The predicted molar refractivity (Wildman–Crippen MR) is 102 cm³/mol. The molecule has 1 heterocycles. The van der Waals surface area contributed by atoms with Crippen LogP contribution in [0.25, 0.3) is 0 Å². The Morgan fingerprint density at radius 3 is 1.32 bits per heavy atom. The minimum Gasteiger partial charge on any atom is -0.413 e. The van der Waals surface area contributed by atoms with E-state index in [0.29, 0.717) is 12.2 Å². The molecule has 132 valence electrons. The fourth-order valence-electron chi connectivity index (χ4n) is 2.23. The first kappa shape index (κ1) is 20.4. The Labute approximate surface area is 140 Å². The molecule has 0 radical (unpaired) electrons. The quantitative estimate of drug-likeness (QED) is 0.745. The fraction of sp³-hybridized carbons (Fsp3) is 1.00. The topological polar surface area (TPSA) is 30.5 Å². The van der Waals surface area contributed by atoms with Gasteiger partial charge in [-0.05, 0) is 42.7 Å². The Bertz CT molecular complexity index is 336. The summed E-state index contributed by atoms with van der Waals surface area (Å²) in [6, 6.07) is 0. The third kappa shape index (κ3) is 5.16. The van der Waals surface area contributed by atoms with E-state index in [0.717, 1.165) is 19.5 Å². The molecule has 22 heavy (non-hydrogen) atoms. The largest absolute Gasteiger partial charge is 0.413 e. The highest BCUT2D eigenvalue weighted by Crippen LogP contribution is 2.40. The highest BCUT2D eigenvalue weighted by Gasteiger charge is 2.42. The van der Waals surface area contributed by atoms with Crippen molar-refractivity contribution in [1.29, 1.82) is 0 Å². The molecule has 0 aromatic rings. The summed E-state index contributed by atoms with van der Waals surface area (Å²) in [4.78, 5) is 0. The average Bonchev–Trinajstić information content (AvgIpc) is 2.24. The van der Waals surface area contributed by atoms with Crippen LogP contribution in [0.3, 0.4) is 0 Å². The van der Waals surface area contributed by atoms with Gasteiger partial charge in [0.05, 0.1) is 12.2 Å². The maximum atomic E-state index is 6.59. The molecule has 1 aliphatic heterocycles. The standard InChI is InChI=1S/C17H39NO2Si2/c1-16(2,3)21(7,8)19-14-11-15(13-18-12-14)20-22(9,10)17(4,5)6/h14-15,18H,11-13H2,1-10H3/t14-,15-/m0/s1. The van der Waals surface area contributed by atoms with Crippen LogP contribution in [-0.2, 0) is 8.85 Å². The second-order valence-corrected chi connectivity index (χ2v) is 19.4. The predicted octanol–water partition coefficient (Wildman–Crippen LogP) is 4.76. The van der Waals surface area contributed by atoms with Crippen LogP contribution in [0, 0.1) is 0 Å². The molecule has 0 saturated carbocycles. The minimum atomic E-state index is -1.70. The molecule has 0 aromatic heterocycles. The zero-order valence-electron chi connectivity index (χ0n) is 16.6. The number of nitrogens with one attached hydrogen (secondary N) is 1. The molecule has 2 atom stereocenters. The van der Waals surface area contributed by atoms with Crippen molar-refractivity contribution in [3.63, 3.8) is 0 Å². The molecular weight excluding hydrogens is 306 g/mol. The highest BCUT2D eigenvalue weighted by atomic mass is 28.4. The zero-order chi connectivity index (χ0) is 17.4. The highest BCUT2D eigenvalue weighted by molar-refractivity contribution is 6.74. The Kier molecular flexibility index (Phi) is 6.17. The maximum Gasteiger partial charge on any atom is 0.192 e. The summed E-state index contributed by atoms with van der Waals surface area (Å²) >= 11 is 0. The molecule has 0 aliphatic carbocycles. The van der Waals surface area contributed by atoms with E-state index in [4.69, 9.17) is 8.85 Å². The van der Waals surface area contributed by atoms with Crippen LogP contribution in [0.15, 0.2) is 0 Å². The first-order valence-corrected chi connectivity index (χ1v) is 14.5. The van der Waals surface area contributed by atoms with Crippen molar-refractivity contribution in [1.82, 2.24) is 5.32 Å². The molecule has 0 aromatic carbocycles. The van der Waals surface area contributed by atoms with Crippen LogP contribution in [0.5, 0.6) is 0 Å². The number of rotatable bonds is 4. The lowest BCUT2D eigenvalue weighted by Gasteiger charge is -2.44. The van der Waals surface area contributed by atoms with Gasteiger partial charge in [0.25, 0.3) is 0 Å². The van der Waals surface area contributed by atoms with Crippen molar-refractivity contribution >= 4 is 16.6 Å². The average molecular weight is 346 g/mol. The molecular formula is C17H39NO2Si2. The van der Waals surface area contributed by atoms with Crippen molar-refractivity contribution in [3.05, 3.63) is 0 Å². The van der Waals surface area contributed by atoms with Gasteiger partial charge in [-0.25, -0.2) is 0 Å². The molecule has 0 bridgehead atoms. The Morgan fingerprint density at radius 1 is 0.727 bits per heavy atom. The van der Waals surface area contributed by atoms with Gasteiger partial charge in [0.15, 0.2) is 16.6 Å². The Morgan fingerprint density at radius 2 is 1.05 bits per heavy atom. The van der Waals surface area contributed by atoms with Crippen LogP contribution in [0.4, 0.5) is 0 Å². The van der Waals surface area contributed by atoms with Gasteiger partial charge in [0.2, 0.25) is 0 Å². The number of hydrogen-bond donors (Lipinski definition) is 1. The van der Waals surface area contributed by atoms with Crippen molar-refractivity contribution < 1.29 is 8.85 Å². The molecule has 1 fully saturated rings. The van der Waals surface area contributed by atoms with Gasteiger partial charge < -0.3 is 14.2 Å². The van der Waals surface area contributed by atoms with Crippen LogP contribution in [0.2, 0.25) is 36.3 Å². The fourth-order valence-corrected chi connectivity index (χ4v) is 4.96. The van der Waals surface area contributed by atoms with Crippen LogP contribution in [-0.4, -0.2) is 41.9 Å². The van der Waals surface area contributed by atoms with E-state index in [1.165, 1.54) is 0 Å². The van der Waals surface area contributed by atoms with Crippen LogP contribution >= 0.6 is 0 Å². The first-order valence-electron chi connectivity index (χ1n) is 8.72. The van der Waals surface area contributed by atoms with E-state index in [2.05, 4.69) is 73.0 Å². The van der Waals surface area contributed by atoms with Crippen molar-refractivity contribution in [2.45, 2.75) is 96.4 Å². The van der Waals surface area contributed by atoms with Gasteiger partial charge in [0.1, 0.15) is 0 Å². The summed E-state index contributed by atoms with van der Waals surface area (Å²) in [7, 11) is -3.40. The van der Waals surface area contributed by atoms with Crippen molar-refractivity contribution in [2.24, 2.45) is 0 Å². The third-order valence-corrected chi connectivity index (χ3v) is 14.9. The molecule has 0 amide bonds. The minimum absolute atomic E-state index is 0.264. The van der Waals surface area contributed by atoms with Gasteiger partial charge in [-0.3, -0.25) is 0 Å². The van der Waals surface area contributed by atoms with Gasteiger partial charge in [-0.1, -0.05) is 41.5 Å². The Balaban J connectivity index is 2.66. The van der Waals surface area contributed by atoms with E-state index in [1.807, 2.05) is 0 Å². The monoisotopic (exact) mass is 345 g/mol. The van der Waals surface area contributed by atoms with Crippen molar-refractivity contribution in [2.75, 3.05) is 13.1 Å². The summed E-state index contributed by atoms with van der Waals surface area (Å²) in [6.45, 7) is 25.1. The first-order chi connectivity index (χ1) is 9.66. The van der Waals surface area contributed by atoms with Crippen LogP contribution < -0.4 is 5.32 Å². The van der Waals surface area contributed by atoms with Crippen molar-refractivity contribution in [3.8, 4) is 0 Å². The summed E-state index contributed by atoms with van der Waals surface area (Å²) in [5.41, 5.74) is 0. The number of hydrogen-bond acceptors (Lipinski definition) is 3. The second kappa shape index (κ2) is 6.67. The summed E-state index contributed by atoms with van der Waals surface area (Å²) < 4.78 is 13.2. The lowest BCUT2D eigenvalue weighted by atomic mass is 10.1. The van der Waals surface area contributed by atoms with E-state index in [1.54, 1.807) is 0 Å². The second-order valence-electron chi connectivity index (χ2n) is 9.89. The molecule has 3 nitrogen and oxygen atoms in total. The molecule has 1 N–H and O–H groups in total. The zero-order valence-corrected chi connectivity index (χ0v) is 18.6. The molecule has 1 rings (SSSR count). The van der Waals surface area contributed by atoms with Crippen LogP contribution in [0.1, 0.15) is 48.0 Å². The van der Waals surface area contributed by atoms with E-state index in [9.17, 15) is 0 Å². The smallest absolute Gasteiger partial charge is 0.192 e. The molecule has 1 aliphatic rings. The molecule has 1 saturated heterocycles. The van der Waals surface area contributed by atoms with Gasteiger partial charge in [0, 0.05) is 13.1 Å². The SMILES string of the molecule is CC(C)(C)[Si](C)(C)O[C@@H]1CNC[C@@H](O[Si](C)(C)C(C)(C)C)C1.